The minimum atomic E-state index is 0.396. The zero-order chi connectivity index (χ0) is 12.1. The topological polar surface area (TPSA) is 12.0 Å². The van der Waals surface area contributed by atoms with Gasteiger partial charge < -0.3 is 5.32 Å². The highest BCUT2D eigenvalue weighted by Gasteiger charge is 2.09. The highest BCUT2D eigenvalue weighted by molar-refractivity contribution is 7.07. The fraction of sp³-hybridized carbons (Fsp3) is 0.286. The van der Waals surface area contributed by atoms with E-state index < -0.39 is 0 Å². The van der Waals surface area contributed by atoms with Crippen molar-refractivity contribution in [2.75, 3.05) is 7.05 Å². The molecule has 0 radical (unpaired) electrons. The van der Waals surface area contributed by atoms with E-state index in [2.05, 4.69) is 34.3 Å². The first kappa shape index (κ1) is 12.6. The molecule has 1 atom stereocenters. The van der Waals surface area contributed by atoms with E-state index in [9.17, 15) is 0 Å². The highest BCUT2D eigenvalue weighted by Crippen LogP contribution is 2.21. The summed E-state index contributed by atoms with van der Waals surface area (Å²) in [5.74, 6) is 0. The Morgan fingerprint density at radius 2 is 2.00 bits per heavy atom. The molecule has 0 aliphatic heterocycles. The molecule has 0 bridgehead atoms. The van der Waals surface area contributed by atoms with E-state index in [0.717, 1.165) is 17.9 Å². The van der Waals surface area contributed by atoms with Crippen LogP contribution in [0.3, 0.4) is 0 Å². The Morgan fingerprint density at radius 3 is 2.59 bits per heavy atom. The fourth-order valence-corrected chi connectivity index (χ4v) is 2.75. The summed E-state index contributed by atoms with van der Waals surface area (Å²) < 4.78 is 0. The van der Waals surface area contributed by atoms with Crippen LogP contribution < -0.4 is 5.32 Å². The first-order valence-corrected chi connectivity index (χ1v) is 7.05. The Kier molecular flexibility index (Phi) is 4.60. The number of hydrogen-bond donors (Lipinski definition) is 1. The summed E-state index contributed by atoms with van der Waals surface area (Å²) >= 11 is 7.66. The second kappa shape index (κ2) is 6.20. The lowest BCUT2D eigenvalue weighted by atomic mass is 10.0. The molecule has 0 saturated carbocycles. The quantitative estimate of drug-likeness (QED) is 0.850. The van der Waals surface area contributed by atoms with E-state index in [1.807, 2.05) is 19.2 Å². The minimum absolute atomic E-state index is 0.396. The Labute approximate surface area is 111 Å². The average Bonchev–Trinajstić information content (AvgIpc) is 2.85. The van der Waals surface area contributed by atoms with Gasteiger partial charge in [0, 0.05) is 11.1 Å². The predicted octanol–water partition coefficient (Wildman–Crippen LogP) is 4.29. The van der Waals surface area contributed by atoms with Gasteiger partial charge in [0.1, 0.15) is 0 Å². The van der Waals surface area contributed by atoms with Gasteiger partial charge in [0.25, 0.3) is 0 Å². The SMILES string of the molecule is CNC(CCc1ccsc1)c1ccc(Cl)cc1. The summed E-state index contributed by atoms with van der Waals surface area (Å²) in [4.78, 5) is 0. The summed E-state index contributed by atoms with van der Waals surface area (Å²) in [5.41, 5.74) is 2.72. The molecule has 0 saturated heterocycles. The average molecular weight is 266 g/mol. The van der Waals surface area contributed by atoms with Crippen LogP contribution in [-0.2, 0) is 6.42 Å². The van der Waals surface area contributed by atoms with Crippen molar-refractivity contribution in [1.82, 2.24) is 5.32 Å². The lowest BCUT2D eigenvalue weighted by Crippen LogP contribution is -2.16. The number of benzene rings is 1. The Morgan fingerprint density at radius 1 is 1.24 bits per heavy atom. The van der Waals surface area contributed by atoms with E-state index in [-0.39, 0.29) is 0 Å². The van der Waals surface area contributed by atoms with E-state index >= 15 is 0 Å². The van der Waals surface area contributed by atoms with Crippen molar-refractivity contribution in [3.63, 3.8) is 0 Å². The first-order valence-electron chi connectivity index (χ1n) is 5.73. The van der Waals surface area contributed by atoms with Gasteiger partial charge in [-0.25, -0.2) is 0 Å². The molecular weight excluding hydrogens is 250 g/mol. The van der Waals surface area contributed by atoms with Crippen LogP contribution in [-0.4, -0.2) is 7.05 Å². The van der Waals surface area contributed by atoms with Gasteiger partial charge in [0.15, 0.2) is 0 Å². The number of hydrogen-bond acceptors (Lipinski definition) is 2. The lowest BCUT2D eigenvalue weighted by molar-refractivity contribution is 0.550. The van der Waals surface area contributed by atoms with Gasteiger partial charge in [-0.1, -0.05) is 23.7 Å². The lowest BCUT2D eigenvalue weighted by Gasteiger charge is -2.16. The summed E-state index contributed by atoms with van der Waals surface area (Å²) in [6.45, 7) is 0. The first-order chi connectivity index (χ1) is 8.29. The zero-order valence-corrected chi connectivity index (χ0v) is 11.4. The van der Waals surface area contributed by atoms with Gasteiger partial charge in [0.05, 0.1) is 0 Å². The Hall–Kier alpha value is -0.830. The molecule has 1 aromatic carbocycles. The number of nitrogens with one attached hydrogen (secondary N) is 1. The van der Waals surface area contributed by atoms with Gasteiger partial charge >= 0.3 is 0 Å². The molecule has 1 N–H and O–H groups in total. The van der Waals surface area contributed by atoms with Gasteiger partial charge in [0.2, 0.25) is 0 Å². The molecule has 0 spiro atoms. The van der Waals surface area contributed by atoms with E-state index in [4.69, 9.17) is 11.6 Å². The molecule has 0 fully saturated rings. The standard InChI is InChI=1S/C14H16ClNS/c1-16-14(7-2-11-8-9-17-10-11)12-3-5-13(15)6-4-12/h3-6,8-10,14,16H,2,7H2,1H3. The maximum Gasteiger partial charge on any atom is 0.0406 e. The molecule has 2 rings (SSSR count). The van der Waals surface area contributed by atoms with Crippen molar-refractivity contribution in [3.8, 4) is 0 Å². The Bertz CT molecular complexity index is 436. The van der Waals surface area contributed by atoms with Crippen molar-refractivity contribution in [2.24, 2.45) is 0 Å². The number of aryl methyl sites for hydroxylation is 1. The third-order valence-electron chi connectivity index (χ3n) is 2.92. The van der Waals surface area contributed by atoms with E-state index in [0.29, 0.717) is 6.04 Å². The molecule has 1 aromatic heterocycles. The van der Waals surface area contributed by atoms with Gasteiger partial charge in [-0.3, -0.25) is 0 Å². The molecule has 0 aliphatic carbocycles. The van der Waals surface area contributed by atoms with E-state index in [1.165, 1.54) is 11.1 Å². The van der Waals surface area contributed by atoms with Crippen LogP contribution in [0.5, 0.6) is 0 Å². The third-order valence-corrected chi connectivity index (χ3v) is 3.91. The van der Waals surface area contributed by atoms with Crippen LogP contribution >= 0.6 is 22.9 Å². The van der Waals surface area contributed by atoms with Crippen LogP contribution in [0.4, 0.5) is 0 Å². The number of thiophene rings is 1. The molecule has 17 heavy (non-hydrogen) atoms. The van der Waals surface area contributed by atoms with Crippen molar-refractivity contribution >= 4 is 22.9 Å². The normalized spacial score (nSPS) is 12.6. The Balaban J connectivity index is 1.99. The summed E-state index contributed by atoms with van der Waals surface area (Å²) in [6.07, 6.45) is 2.21. The molecule has 2 aromatic rings. The van der Waals surface area contributed by atoms with Crippen LogP contribution in [0.15, 0.2) is 41.1 Å². The summed E-state index contributed by atoms with van der Waals surface area (Å²) in [6, 6.07) is 10.7. The van der Waals surface area contributed by atoms with Crippen molar-refractivity contribution in [3.05, 3.63) is 57.2 Å². The number of rotatable bonds is 5. The van der Waals surface area contributed by atoms with Crippen LogP contribution in [0.1, 0.15) is 23.6 Å². The molecule has 90 valence electrons. The second-order valence-corrected chi connectivity index (χ2v) is 5.28. The molecule has 1 heterocycles. The van der Waals surface area contributed by atoms with Crippen molar-refractivity contribution < 1.29 is 0 Å². The monoisotopic (exact) mass is 265 g/mol. The van der Waals surface area contributed by atoms with Gasteiger partial charge in [-0.15, -0.1) is 0 Å². The minimum Gasteiger partial charge on any atom is -0.313 e. The molecular formula is C14H16ClNS. The summed E-state index contributed by atoms with van der Waals surface area (Å²) in [7, 11) is 2.01. The predicted molar refractivity (Wildman–Crippen MR) is 75.9 cm³/mol. The molecule has 3 heteroatoms. The zero-order valence-electron chi connectivity index (χ0n) is 9.82. The van der Waals surface area contributed by atoms with Crippen LogP contribution in [0.25, 0.3) is 0 Å². The molecule has 1 nitrogen and oxygen atoms in total. The van der Waals surface area contributed by atoms with Crippen molar-refractivity contribution in [1.29, 1.82) is 0 Å². The van der Waals surface area contributed by atoms with Gasteiger partial charge in [-0.05, 0) is 60.0 Å². The molecule has 0 aliphatic rings. The molecule has 0 amide bonds. The molecule has 1 unspecified atom stereocenters. The van der Waals surface area contributed by atoms with Crippen LogP contribution in [0, 0.1) is 0 Å². The number of halogens is 1. The largest absolute Gasteiger partial charge is 0.313 e. The van der Waals surface area contributed by atoms with E-state index in [1.54, 1.807) is 11.3 Å². The third kappa shape index (κ3) is 3.56. The maximum absolute atomic E-state index is 5.90. The van der Waals surface area contributed by atoms with Crippen molar-refractivity contribution in [2.45, 2.75) is 18.9 Å². The van der Waals surface area contributed by atoms with Gasteiger partial charge in [-0.2, -0.15) is 11.3 Å². The smallest absolute Gasteiger partial charge is 0.0406 e. The second-order valence-electron chi connectivity index (χ2n) is 4.06. The van der Waals surface area contributed by atoms with Crippen LogP contribution in [0.2, 0.25) is 5.02 Å². The summed E-state index contributed by atoms with van der Waals surface area (Å²) in [5, 5.41) is 8.50. The fourth-order valence-electron chi connectivity index (χ4n) is 1.92. The maximum atomic E-state index is 5.90. The highest BCUT2D eigenvalue weighted by atomic mass is 35.5.